The second-order valence-corrected chi connectivity index (χ2v) is 9.84. The van der Waals surface area contributed by atoms with Crippen molar-refractivity contribution in [3.63, 3.8) is 0 Å². The van der Waals surface area contributed by atoms with Gasteiger partial charge in [-0.15, -0.1) is 11.8 Å². The molecule has 2 aromatic heterocycles. The number of H-pyrrole nitrogens is 1. The highest BCUT2D eigenvalue weighted by Crippen LogP contribution is 2.50. The first kappa shape index (κ1) is 21.5. The van der Waals surface area contributed by atoms with Crippen LogP contribution >= 0.6 is 11.8 Å². The minimum atomic E-state index is -4.60. The molecule has 6 nitrogen and oxygen atoms in total. The van der Waals surface area contributed by atoms with Crippen molar-refractivity contribution in [1.82, 2.24) is 20.1 Å². The van der Waals surface area contributed by atoms with E-state index in [0.29, 0.717) is 12.3 Å². The van der Waals surface area contributed by atoms with Gasteiger partial charge in [0.05, 0.1) is 23.4 Å². The van der Waals surface area contributed by atoms with Crippen LogP contribution in [0.1, 0.15) is 42.5 Å². The molecule has 0 radical (unpaired) electrons. The first-order valence-corrected chi connectivity index (χ1v) is 11.6. The molecule has 4 heterocycles. The van der Waals surface area contributed by atoms with Crippen molar-refractivity contribution < 1.29 is 23.1 Å². The quantitative estimate of drug-likeness (QED) is 0.722. The zero-order chi connectivity index (χ0) is 22.5. The van der Waals surface area contributed by atoms with Crippen molar-refractivity contribution in [2.24, 2.45) is 11.8 Å². The van der Waals surface area contributed by atoms with Crippen LogP contribution in [-0.4, -0.2) is 49.4 Å². The summed E-state index contributed by atoms with van der Waals surface area (Å²) < 4.78 is 40.7. The van der Waals surface area contributed by atoms with Gasteiger partial charge in [0.1, 0.15) is 5.60 Å². The minimum absolute atomic E-state index is 0.0213. The van der Waals surface area contributed by atoms with Crippen molar-refractivity contribution >= 4 is 22.6 Å². The van der Waals surface area contributed by atoms with E-state index in [9.17, 15) is 23.1 Å². The molecule has 10 heteroatoms. The molecule has 5 rings (SSSR count). The number of amides is 1. The van der Waals surface area contributed by atoms with Crippen LogP contribution in [0.3, 0.4) is 0 Å². The Balaban J connectivity index is 1.39. The predicted molar refractivity (Wildman–Crippen MR) is 113 cm³/mol. The molecule has 1 amide bonds. The van der Waals surface area contributed by atoms with Crippen LogP contribution in [0, 0.1) is 11.8 Å². The van der Waals surface area contributed by atoms with Crippen molar-refractivity contribution in [2.75, 3.05) is 12.3 Å². The summed E-state index contributed by atoms with van der Waals surface area (Å²) in [5, 5.41) is 18.1. The zero-order valence-electron chi connectivity index (χ0n) is 17.2. The number of carbonyl (C=O) groups is 1. The molecule has 0 aromatic carbocycles. The Morgan fingerprint density at radius 1 is 1.34 bits per heavy atom. The highest BCUT2D eigenvalue weighted by Gasteiger charge is 2.53. The van der Waals surface area contributed by atoms with Crippen LogP contribution in [0.15, 0.2) is 36.8 Å². The van der Waals surface area contributed by atoms with E-state index in [0.717, 1.165) is 29.4 Å². The fourth-order valence-corrected chi connectivity index (χ4v) is 6.50. The van der Waals surface area contributed by atoms with E-state index in [1.807, 2.05) is 6.08 Å². The van der Waals surface area contributed by atoms with Crippen molar-refractivity contribution in [2.45, 2.75) is 43.5 Å². The summed E-state index contributed by atoms with van der Waals surface area (Å²) in [6.45, 7) is 0.556. The van der Waals surface area contributed by atoms with Crippen LogP contribution in [0.4, 0.5) is 13.2 Å². The molecule has 3 aliphatic rings. The summed E-state index contributed by atoms with van der Waals surface area (Å²) in [4.78, 5) is 20.1. The number of fused-ring (bicyclic) bond motifs is 1. The van der Waals surface area contributed by atoms with E-state index >= 15 is 0 Å². The minimum Gasteiger partial charge on any atom is -0.383 e. The van der Waals surface area contributed by atoms with Gasteiger partial charge >= 0.3 is 6.18 Å². The van der Waals surface area contributed by atoms with Gasteiger partial charge in [-0.2, -0.15) is 18.3 Å². The van der Waals surface area contributed by atoms with E-state index in [1.54, 1.807) is 29.1 Å². The second-order valence-electron chi connectivity index (χ2n) is 8.77. The van der Waals surface area contributed by atoms with Crippen LogP contribution in [0.25, 0.3) is 4.91 Å². The summed E-state index contributed by atoms with van der Waals surface area (Å²) in [6.07, 6.45) is 3.93. The van der Waals surface area contributed by atoms with Gasteiger partial charge in [-0.25, -0.2) is 0 Å². The lowest BCUT2D eigenvalue weighted by molar-refractivity contribution is -0.142. The number of hydrogen-bond donors (Lipinski definition) is 2. The molecule has 170 valence electrons. The number of nitrogens with one attached hydrogen (secondary N) is 1. The molecule has 0 bridgehead atoms. The fourth-order valence-electron chi connectivity index (χ4n) is 5.37. The first-order valence-electron chi connectivity index (χ1n) is 10.7. The molecule has 2 fully saturated rings. The monoisotopic (exact) mass is 464 g/mol. The number of pyridine rings is 1. The Morgan fingerprint density at radius 2 is 2.19 bits per heavy atom. The first-order chi connectivity index (χ1) is 15.3. The Labute approximate surface area is 187 Å². The molecule has 2 aliphatic heterocycles. The summed E-state index contributed by atoms with van der Waals surface area (Å²) in [7, 11) is 0. The number of carbonyl (C=O) groups excluding carboxylic acids is 1. The van der Waals surface area contributed by atoms with Gasteiger partial charge in [0.25, 0.3) is 0 Å². The van der Waals surface area contributed by atoms with E-state index < -0.39 is 17.3 Å². The maximum Gasteiger partial charge on any atom is 0.418 e. The number of likely N-dealkylation sites (tertiary alicyclic amines) is 1. The van der Waals surface area contributed by atoms with Crippen LogP contribution < -0.4 is 0 Å². The van der Waals surface area contributed by atoms with Crippen LogP contribution in [0.5, 0.6) is 0 Å². The Hall–Kier alpha value is -2.33. The average Bonchev–Trinajstić information content (AvgIpc) is 3.51. The standard InChI is InChI=1S/C22H23F3N4O2S/c23-22(24,25)16-4-1-5-26-19(16)21(31)8-13-3-2-6-29(17(13)9-21)20(30)14-7-18(32-12-14)15-10-27-28-11-15/h1,4-5,7,10-11,13-14,17,31H,2-3,6,8-9,12H2,(H,27,28). The molecule has 2 aromatic rings. The molecule has 2 N–H and O–H groups in total. The van der Waals surface area contributed by atoms with Gasteiger partial charge in [-0.05, 0) is 37.3 Å². The van der Waals surface area contributed by atoms with Gasteiger partial charge in [0.2, 0.25) is 5.91 Å². The number of rotatable bonds is 3. The maximum absolute atomic E-state index is 13.6. The third-order valence-corrected chi connectivity index (χ3v) is 7.98. The molecule has 1 saturated heterocycles. The van der Waals surface area contributed by atoms with E-state index in [1.165, 1.54) is 12.3 Å². The third-order valence-electron chi connectivity index (χ3n) is 6.77. The number of aromatic amines is 1. The van der Waals surface area contributed by atoms with Crippen molar-refractivity contribution in [3.05, 3.63) is 53.6 Å². The number of thioether (sulfide) groups is 1. The number of nitrogens with zero attached hydrogens (tertiary/aromatic N) is 3. The highest BCUT2D eigenvalue weighted by atomic mass is 32.2. The number of piperidine rings is 1. The topological polar surface area (TPSA) is 82.1 Å². The van der Waals surface area contributed by atoms with Gasteiger partial charge in [0, 0.05) is 47.6 Å². The summed E-state index contributed by atoms with van der Waals surface area (Å²) in [5.41, 5.74) is -1.99. The fraction of sp³-hybridized carbons (Fsp3) is 0.500. The summed E-state index contributed by atoms with van der Waals surface area (Å²) in [5.74, 6) is 0.257. The number of halogens is 3. The lowest BCUT2D eigenvalue weighted by Gasteiger charge is -2.38. The van der Waals surface area contributed by atoms with Gasteiger partial charge in [0.15, 0.2) is 0 Å². The lowest BCUT2D eigenvalue weighted by Crippen LogP contribution is -2.48. The molecular formula is C22H23F3N4O2S. The normalized spacial score (nSPS) is 30.3. The smallest absolute Gasteiger partial charge is 0.383 e. The molecular weight excluding hydrogens is 441 g/mol. The molecule has 1 aliphatic carbocycles. The molecule has 4 atom stereocenters. The number of aromatic nitrogens is 3. The van der Waals surface area contributed by atoms with Gasteiger partial charge in [-0.3, -0.25) is 14.9 Å². The van der Waals surface area contributed by atoms with Gasteiger partial charge in [-0.1, -0.05) is 6.08 Å². The van der Waals surface area contributed by atoms with E-state index in [2.05, 4.69) is 15.2 Å². The number of alkyl halides is 3. The predicted octanol–water partition coefficient (Wildman–Crippen LogP) is 3.82. The summed E-state index contributed by atoms with van der Waals surface area (Å²) in [6, 6.07) is 1.90. The molecule has 0 spiro atoms. The van der Waals surface area contributed by atoms with E-state index in [4.69, 9.17) is 0 Å². The van der Waals surface area contributed by atoms with Crippen LogP contribution in [0.2, 0.25) is 0 Å². The molecule has 4 unspecified atom stereocenters. The molecule has 32 heavy (non-hydrogen) atoms. The lowest BCUT2D eigenvalue weighted by atomic mass is 9.89. The van der Waals surface area contributed by atoms with Gasteiger partial charge < -0.3 is 10.0 Å². The number of hydrogen-bond acceptors (Lipinski definition) is 5. The van der Waals surface area contributed by atoms with E-state index in [-0.39, 0.29) is 42.3 Å². The largest absolute Gasteiger partial charge is 0.418 e. The maximum atomic E-state index is 13.6. The average molecular weight is 465 g/mol. The number of aliphatic hydroxyl groups is 1. The Morgan fingerprint density at radius 3 is 2.94 bits per heavy atom. The van der Waals surface area contributed by atoms with Crippen molar-refractivity contribution in [1.29, 1.82) is 0 Å². The SMILES string of the molecule is O=C(C1C=C(c2cn[nH]c2)SC1)N1CCCC2CC(O)(c3ncccc3C(F)(F)F)CC21. The third kappa shape index (κ3) is 3.73. The summed E-state index contributed by atoms with van der Waals surface area (Å²) >= 11 is 1.60. The highest BCUT2D eigenvalue weighted by molar-refractivity contribution is 8.08. The van der Waals surface area contributed by atoms with Crippen molar-refractivity contribution in [3.8, 4) is 0 Å². The zero-order valence-corrected chi connectivity index (χ0v) is 18.0. The molecule has 1 saturated carbocycles. The second kappa shape index (κ2) is 7.91. The Bertz CT molecular complexity index is 1040. The van der Waals surface area contributed by atoms with Crippen LogP contribution in [-0.2, 0) is 16.6 Å². The Kier molecular flexibility index (Phi) is 5.32.